The van der Waals surface area contributed by atoms with Gasteiger partial charge in [-0.1, -0.05) is 6.42 Å². The summed E-state index contributed by atoms with van der Waals surface area (Å²) in [5.74, 6) is 3.21. The molecule has 0 spiro atoms. The molecule has 1 heterocycles. The van der Waals surface area contributed by atoms with E-state index < -0.39 is 0 Å². The summed E-state index contributed by atoms with van der Waals surface area (Å²) >= 11 is 2.00. The Labute approximate surface area is 116 Å². The van der Waals surface area contributed by atoms with Crippen LogP contribution in [0.15, 0.2) is 0 Å². The number of rotatable bonds is 4. The Morgan fingerprint density at radius 1 is 1.22 bits per heavy atom. The lowest BCUT2D eigenvalue weighted by atomic mass is 9.87. The van der Waals surface area contributed by atoms with Crippen molar-refractivity contribution in [2.75, 3.05) is 32.4 Å². The van der Waals surface area contributed by atoms with Gasteiger partial charge >= 0.3 is 0 Å². The van der Waals surface area contributed by atoms with E-state index >= 15 is 0 Å². The zero-order valence-corrected chi connectivity index (χ0v) is 12.6. The van der Waals surface area contributed by atoms with E-state index in [1.54, 1.807) is 6.42 Å². The van der Waals surface area contributed by atoms with Gasteiger partial charge in [0.1, 0.15) is 0 Å². The van der Waals surface area contributed by atoms with Gasteiger partial charge in [0, 0.05) is 17.8 Å². The van der Waals surface area contributed by atoms with Crippen LogP contribution >= 0.6 is 11.8 Å². The van der Waals surface area contributed by atoms with Gasteiger partial charge in [-0.3, -0.25) is 0 Å². The molecule has 104 valence electrons. The largest absolute Gasteiger partial charge is 0.329 e. The zero-order valence-electron chi connectivity index (χ0n) is 11.7. The summed E-state index contributed by atoms with van der Waals surface area (Å²) in [5, 5.41) is 0. The van der Waals surface area contributed by atoms with Crippen molar-refractivity contribution in [2.24, 2.45) is 23.5 Å². The highest BCUT2D eigenvalue weighted by Gasteiger charge is 2.41. The fourth-order valence-electron chi connectivity index (χ4n) is 4.57. The van der Waals surface area contributed by atoms with E-state index in [0.717, 1.165) is 24.3 Å². The molecule has 3 rings (SSSR count). The lowest BCUT2D eigenvalue weighted by Gasteiger charge is -2.41. The Morgan fingerprint density at radius 2 is 2.00 bits per heavy atom. The number of nitrogens with zero attached hydrogens (tertiary/aromatic N) is 1. The van der Waals surface area contributed by atoms with Crippen LogP contribution in [-0.4, -0.2) is 42.1 Å². The molecular formula is C15H28N2S. The molecule has 0 aromatic heterocycles. The maximum Gasteiger partial charge on any atom is 0.0303 e. The molecule has 0 radical (unpaired) electrons. The van der Waals surface area contributed by atoms with E-state index in [-0.39, 0.29) is 0 Å². The molecule has 0 aromatic rings. The minimum atomic E-state index is 0.394. The third-order valence-corrected chi connectivity index (χ3v) is 7.39. The summed E-state index contributed by atoms with van der Waals surface area (Å²) in [6.45, 7) is 4.81. The van der Waals surface area contributed by atoms with Crippen LogP contribution in [0.4, 0.5) is 0 Å². The number of hydrogen-bond acceptors (Lipinski definition) is 3. The average molecular weight is 268 g/mol. The minimum Gasteiger partial charge on any atom is -0.329 e. The Balaban J connectivity index is 1.48. The van der Waals surface area contributed by atoms with Crippen LogP contribution in [0.3, 0.4) is 0 Å². The number of piperidine rings is 1. The van der Waals surface area contributed by atoms with Crippen LogP contribution in [0.25, 0.3) is 0 Å². The number of likely N-dealkylation sites (tertiary alicyclic amines) is 1. The lowest BCUT2D eigenvalue weighted by molar-refractivity contribution is 0.150. The van der Waals surface area contributed by atoms with Crippen molar-refractivity contribution >= 4 is 11.8 Å². The van der Waals surface area contributed by atoms with Crippen molar-refractivity contribution in [1.29, 1.82) is 0 Å². The molecule has 1 aliphatic heterocycles. The van der Waals surface area contributed by atoms with E-state index in [9.17, 15) is 0 Å². The molecule has 3 unspecified atom stereocenters. The molecule has 2 aliphatic carbocycles. The number of fused-ring (bicyclic) bond motifs is 2. The third kappa shape index (κ3) is 2.46. The molecule has 2 nitrogen and oxygen atoms in total. The van der Waals surface area contributed by atoms with E-state index in [4.69, 9.17) is 5.73 Å². The van der Waals surface area contributed by atoms with Gasteiger partial charge in [-0.2, -0.15) is 11.8 Å². The van der Waals surface area contributed by atoms with Crippen molar-refractivity contribution in [3.63, 3.8) is 0 Å². The summed E-state index contributed by atoms with van der Waals surface area (Å²) in [6, 6.07) is 0. The standard InChI is InChI=1S/C15H28N2S/c1-18-15(11-16)4-6-17(7-5-15)10-14-9-12-2-3-13(14)8-12/h12-14H,2-11,16H2,1H3. The first-order valence-electron chi connectivity index (χ1n) is 7.72. The van der Waals surface area contributed by atoms with E-state index in [1.807, 2.05) is 11.8 Å². The predicted molar refractivity (Wildman–Crippen MR) is 79.9 cm³/mol. The average Bonchev–Trinajstić information content (AvgIpc) is 3.02. The molecule has 3 fully saturated rings. The fourth-order valence-corrected chi connectivity index (χ4v) is 5.32. The molecule has 2 N–H and O–H groups in total. The summed E-state index contributed by atoms with van der Waals surface area (Å²) in [4.78, 5) is 2.73. The number of nitrogens with two attached hydrogens (primary N) is 1. The molecule has 18 heavy (non-hydrogen) atoms. The van der Waals surface area contributed by atoms with Crippen LogP contribution < -0.4 is 5.73 Å². The molecule has 2 saturated carbocycles. The van der Waals surface area contributed by atoms with Gasteiger partial charge < -0.3 is 10.6 Å². The van der Waals surface area contributed by atoms with Crippen molar-refractivity contribution < 1.29 is 0 Å². The van der Waals surface area contributed by atoms with Gasteiger partial charge in [0.2, 0.25) is 0 Å². The predicted octanol–water partition coefficient (Wildman–Crippen LogP) is 2.58. The first kappa shape index (κ1) is 13.3. The first-order chi connectivity index (χ1) is 8.74. The van der Waals surface area contributed by atoms with Gasteiger partial charge in [-0.05, 0) is 69.2 Å². The third-order valence-electron chi connectivity index (χ3n) is 5.95. The topological polar surface area (TPSA) is 29.3 Å². The molecule has 2 bridgehead atoms. The quantitative estimate of drug-likeness (QED) is 0.850. The van der Waals surface area contributed by atoms with Crippen molar-refractivity contribution in [1.82, 2.24) is 4.90 Å². The summed E-state index contributed by atoms with van der Waals surface area (Å²) < 4.78 is 0.394. The monoisotopic (exact) mass is 268 g/mol. The second-order valence-electron chi connectivity index (χ2n) is 6.83. The highest BCUT2D eigenvalue weighted by Crippen LogP contribution is 2.48. The van der Waals surface area contributed by atoms with Crippen molar-refractivity contribution in [3.05, 3.63) is 0 Å². The van der Waals surface area contributed by atoms with Gasteiger partial charge in [-0.15, -0.1) is 0 Å². The molecular weight excluding hydrogens is 240 g/mol. The summed E-state index contributed by atoms with van der Waals surface area (Å²) in [7, 11) is 0. The number of hydrogen-bond donors (Lipinski definition) is 1. The van der Waals surface area contributed by atoms with Gasteiger partial charge in [0.15, 0.2) is 0 Å². The van der Waals surface area contributed by atoms with Crippen LogP contribution in [0.2, 0.25) is 0 Å². The molecule has 0 aromatic carbocycles. The summed E-state index contributed by atoms with van der Waals surface area (Å²) in [5.41, 5.74) is 5.97. The Hall–Kier alpha value is 0.270. The normalized spacial score (nSPS) is 39.3. The molecule has 0 amide bonds. The van der Waals surface area contributed by atoms with Crippen LogP contribution in [-0.2, 0) is 0 Å². The first-order valence-corrected chi connectivity index (χ1v) is 8.95. The van der Waals surface area contributed by atoms with Gasteiger partial charge in [-0.25, -0.2) is 0 Å². The molecule has 3 heteroatoms. The van der Waals surface area contributed by atoms with Crippen molar-refractivity contribution in [3.8, 4) is 0 Å². The Bertz CT molecular complexity index is 280. The molecule has 1 saturated heterocycles. The maximum absolute atomic E-state index is 5.97. The second-order valence-corrected chi connectivity index (χ2v) is 8.10. The summed E-state index contributed by atoms with van der Waals surface area (Å²) in [6.07, 6.45) is 11.0. The highest BCUT2D eigenvalue weighted by atomic mass is 32.2. The highest BCUT2D eigenvalue weighted by molar-refractivity contribution is 8.00. The lowest BCUT2D eigenvalue weighted by Crippen LogP contribution is -2.47. The minimum absolute atomic E-state index is 0.394. The SMILES string of the molecule is CSC1(CN)CCN(CC2CC3CCC2C3)CC1. The van der Waals surface area contributed by atoms with E-state index in [2.05, 4.69) is 11.2 Å². The van der Waals surface area contributed by atoms with Crippen LogP contribution in [0.1, 0.15) is 38.5 Å². The zero-order chi connectivity index (χ0) is 12.6. The fraction of sp³-hybridized carbons (Fsp3) is 1.00. The van der Waals surface area contributed by atoms with Crippen LogP contribution in [0.5, 0.6) is 0 Å². The van der Waals surface area contributed by atoms with Gasteiger partial charge in [0.05, 0.1) is 0 Å². The second kappa shape index (κ2) is 5.34. The Kier molecular flexibility index (Phi) is 3.93. The van der Waals surface area contributed by atoms with E-state index in [0.29, 0.717) is 4.75 Å². The van der Waals surface area contributed by atoms with Crippen molar-refractivity contribution in [2.45, 2.75) is 43.3 Å². The smallest absolute Gasteiger partial charge is 0.0303 e. The van der Waals surface area contributed by atoms with Gasteiger partial charge in [0.25, 0.3) is 0 Å². The Morgan fingerprint density at radius 3 is 2.50 bits per heavy atom. The van der Waals surface area contributed by atoms with Crippen LogP contribution in [0, 0.1) is 17.8 Å². The molecule has 3 atom stereocenters. The molecule has 3 aliphatic rings. The number of thioether (sulfide) groups is 1. The maximum atomic E-state index is 5.97. The van der Waals surface area contributed by atoms with E-state index in [1.165, 1.54) is 51.7 Å².